The van der Waals surface area contributed by atoms with Gasteiger partial charge in [-0.2, -0.15) is 4.98 Å². The predicted octanol–water partition coefficient (Wildman–Crippen LogP) is 3.50. The highest BCUT2D eigenvalue weighted by Gasteiger charge is 2.39. The van der Waals surface area contributed by atoms with Crippen molar-refractivity contribution >= 4 is 23.6 Å². The van der Waals surface area contributed by atoms with Crippen LogP contribution in [-0.2, 0) is 11.3 Å². The van der Waals surface area contributed by atoms with E-state index in [1.54, 1.807) is 35.4 Å². The Hall–Kier alpha value is -4.12. The SMILES string of the molecule is COc1nccc(-c2nc(OC)c(C(=O)NCc3ccc(Cl)cc3)cc2O[C@H]2CCN3C(=O)OC[C@@H]3C2)n1. The van der Waals surface area contributed by atoms with Crippen LogP contribution in [0.15, 0.2) is 42.6 Å². The molecule has 0 unspecified atom stereocenters. The summed E-state index contributed by atoms with van der Waals surface area (Å²) in [4.78, 5) is 39.9. The summed E-state index contributed by atoms with van der Waals surface area (Å²) < 4.78 is 22.3. The number of pyridine rings is 1. The average Bonchev–Trinajstić information content (AvgIpc) is 3.32. The van der Waals surface area contributed by atoms with Gasteiger partial charge >= 0.3 is 12.1 Å². The molecular formula is C26H26ClN5O6. The fourth-order valence-corrected chi connectivity index (χ4v) is 4.60. The first-order valence-corrected chi connectivity index (χ1v) is 12.4. The largest absolute Gasteiger partial charge is 0.488 e. The normalized spacial score (nSPS) is 18.4. The van der Waals surface area contributed by atoms with E-state index in [0.29, 0.717) is 48.2 Å². The lowest BCUT2D eigenvalue weighted by Crippen LogP contribution is -2.44. The van der Waals surface area contributed by atoms with Crippen LogP contribution in [0.5, 0.6) is 17.6 Å². The van der Waals surface area contributed by atoms with Crippen molar-refractivity contribution in [3.63, 3.8) is 0 Å². The second-order valence-corrected chi connectivity index (χ2v) is 9.25. The molecule has 2 amide bonds. The van der Waals surface area contributed by atoms with Crippen molar-refractivity contribution in [3.05, 3.63) is 58.7 Å². The van der Waals surface area contributed by atoms with Gasteiger partial charge in [-0.1, -0.05) is 23.7 Å². The van der Waals surface area contributed by atoms with Gasteiger partial charge in [0.15, 0.2) is 0 Å². The van der Waals surface area contributed by atoms with E-state index in [4.69, 9.17) is 30.5 Å². The number of rotatable bonds is 8. The van der Waals surface area contributed by atoms with Gasteiger partial charge in [0.05, 0.1) is 26.0 Å². The fourth-order valence-electron chi connectivity index (χ4n) is 4.47. The van der Waals surface area contributed by atoms with Crippen LogP contribution in [0.4, 0.5) is 4.79 Å². The molecule has 2 aromatic heterocycles. The minimum atomic E-state index is -0.384. The molecule has 5 rings (SSSR count). The van der Waals surface area contributed by atoms with Crippen LogP contribution < -0.4 is 19.5 Å². The number of benzene rings is 1. The highest BCUT2D eigenvalue weighted by atomic mass is 35.5. The number of cyclic esters (lactones) is 1. The van der Waals surface area contributed by atoms with E-state index in [2.05, 4.69) is 20.3 Å². The van der Waals surface area contributed by atoms with E-state index < -0.39 is 0 Å². The van der Waals surface area contributed by atoms with Crippen LogP contribution in [-0.4, -0.2) is 71.4 Å². The summed E-state index contributed by atoms with van der Waals surface area (Å²) in [7, 11) is 2.91. The van der Waals surface area contributed by atoms with Gasteiger partial charge < -0.3 is 29.2 Å². The van der Waals surface area contributed by atoms with Gasteiger partial charge in [0.2, 0.25) is 5.88 Å². The number of hydrogen-bond acceptors (Lipinski definition) is 9. The van der Waals surface area contributed by atoms with Crippen molar-refractivity contribution in [2.75, 3.05) is 27.4 Å². The maximum absolute atomic E-state index is 13.2. The number of nitrogens with zero attached hydrogens (tertiary/aromatic N) is 4. The second-order valence-electron chi connectivity index (χ2n) is 8.82. The van der Waals surface area contributed by atoms with Gasteiger partial charge in [-0.05, 0) is 23.8 Å². The van der Waals surface area contributed by atoms with Crippen LogP contribution in [0.25, 0.3) is 11.4 Å². The summed E-state index contributed by atoms with van der Waals surface area (Å²) in [6, 6.07) is 10.6. The van der Waals surface area contributed by atoms with Crippen molar-refractivity contribution in [1.82, 2.24) is 25.2 Å². The highest BCUT2D eigenvalue weighted by Crippen LogP contribution is 2.35. The van der Waals surface area contributed by atoms with E-state index in [9.17, 15) is 9.59 Å². The number of methoxy groups -OCH3 is 2. The van der Waals surface area contributed by atoms with E-state index in [1.165, 1.54) is 14.2 Å². The third kappa shape index (κ3) is 5.42. The van der Waals surface area contributed by atoms with Crippen molar-refractivity contribution in [2.45, 2.75) is 31.5 Å². The fraction of sp³-hybridized carbons (Fsp3) is 0.346. The van der Waals surface area contributed by atoms with E-state index in [0.717, 1.165) is 5.56 Å². The zero-order chi connectivity index (χ0) is 26.6. The number of nitrogens with one attached hydrogen (secondary N) is 1. The molecule has 1 N–H and O–H groups in total. The molecule has 198 valence electrons. The van der Waals surface area contributed by atoms with E-state index in [1.807, 2.05) is 12.1 Å². The van der Waals surface area contributed by atoms with Crippen LogP contribution in [0, 0.1) is 0 Å². The lowest BCUT2D eigenvalue weighted by atomic mass is 10.0. The maximum Gasteiger partial charge on any atom is 0.410 e. The molecule has 2 aliphatic heterocycles. The number of ether oxygens (including phenoxy) is 4. The highest BCUT2D eigenvalue weighted by molar-refractivity contribution is 6.30. The third-order valence-electron chi connectivity index (χ3n) is 6.41. The Morgan fingerprint density at radius 1 is 1.18 bits per heavy atom. The Kier molecular flexibility index (Phi) is 7.45. The number of hydrogen-bond donors (Lipinski definition) is 1. The summed E-state index contributed by atoms with van der Waals surface area (Å²) in [6.45, 7) is 1.13. The molecule has 2 fully saturated rings. The first-order chi connectivity index (χ1) is 18.4. The minimum absolute atomic E-state index is 0.0582. The third-order valence-corrected chi connectivity index (χ3v) is 6.66. The Morgan fingerprint density at radius 3 is 2.76 bits per heavy atom. The second kappa shape index (κ2) is 11.1. The molecule has 1 aromatic carbocycles. The summed E-state index contributed by atoms with van der Waals surface area (Å²) in [5.74, 6) is 0.0839. The van der Waals surface area contributed by atoms with Crippen molar-refractivity contribution in [3.8, 4) is 29.0 Å². The molecule has 12 heteroatoms. The van der Waals surface area contributed by atoms with Gasteiger partial charge in [0, 0.05) is 43.2 Å². The standard InChI is InChI=1S/C26H26ClN5O6/c1-35-24-19(23(33)29-13-15-3-5-16(27)6-4-15)12-21(22(31-24)20-7-9-28-25(30-20)36-2)38-18-8-10-32-17(11-18)14-37-26(32)34/h3-7,9,12,17-18H,8,10-11,13-14H2,1-2H3,(H,29,33)/t17-,18-/m0/s1. The molecular weight excluding hydrogens is 514 g/mol. The predicted molar refractivity (Wildman–Crippen MR) is 136 cm³/mol. The summed E-state index contributed by atoms with van der Waals surface area (Å²) in [5.41, 5.74) is 1.90. The summed E-state index contributed by atoms with van der Waals surface area (Å²) in [6.07, 6.45) is 2.21. The monoisotopic (exact) mass is 539 g/mol. The molecule has 11 nitrogen and oxygen atoms in total. The van der Waals surface area contributed by atoms with Crippen molar-refractivity contribution < 1.29 is 28.5 Å². The first-order valence-electron chi connectivity index (χ1n) is 12.0. The number of fused-ring (bicyclic) bond motifs is 1. The van der Waals surface area contributed by atoms with Crippen molar-refractivity contribution in [2.24, 2.45) is 0 Å². The number of carbonyl (C=O) groups is 2. The molecule has 38 heavy (non-hydrogen) atoms. The van der Waals surface area contributed by atoms with Crippen molar-refractivity contribution in [1.29, 1.82) is 0 Å². The molecule has 0 radical (unpaired) electrons. The zero-order valence-corrected chi connectivity index (χ0v) is 21.6. The molecule has 4 heterocycles. The Labute approximate surface area is 224 Å². The quantitative estimate of drug-likeness (QED) is 0.457. The van der Waals surface area contributed by atoms with Gasteiger partial charge in [0.25, 0.3) is 5.91 Å². The Bertz CT molecular complexity index is 1340. The molecule has 2 atom stereocenters. The number of aromatic nitrogens is 3. The van der Waals surface area contributed by atoms with Crippen LogP contribution in [0.1, 0.15) is 28.8 Å². The molecule has 0 aliphatic carbocycles. The molecule has 0 bridgehead atoms. The molecule has 2 saturated heterocycles. The molecule has 2 aliphatic rings. The van der Waals surface area contributed by atoms with Crippen LogP contribution in [0.2, 0.25) is 5.02 Å². The number of amides is 2. The lowest BCUT2D eigenvalue weighted by Gasteiger charge is -2.32. The average molecular weight is 540 g/mol. The molecule has 3 aromatic rings. The van der Waals surface area contributed by atoms with Crippen LogP contribution >= 0.6 is 11.6 Å². The molecule has 0 saturated carbocycles. The number of carbonyl (C=O) groups excluding carboxylic acids is 2. The number of halogens is 1. The topological polar surface area (TPSA) is 125 Å². The van der Waals surface area contributed by atoms with Crippen LogP contribution in [0.3, 0.4) is 0 Å². The smallest absolute Gasteiger partial charge is 0.410 e. The molecule has 0 spiro atoms. The zero-order valence-electron chi connectivity index (χ0n) is 20.8. The Balaban J connectivity index is 1.45. The van der Waals surface area contributed by atoms with Gasteiger partial charge in [0.1, 0.15) is 29.7 Å². The van der Waals surface area contributed by atoms with Gasteiger partial charge in [-0.25, -0.2) is 14.8 Å². The first kappa shape index (κ1) is 25.5. The maximum atomic E-state index is 13.2. The minimum Gasteiger partial charge on any atom is -0.488 e. The van der Waals surface area contributed by atoms with Gasteiger partial charge in [-0.3, -0.25) is 4.79 Å². The van der Waals surface area contributed by atoms with E-state index >= 15 is 0 Å². The Morgan fingerprint density at radius 2 is 2.00 bits per heavy atom. The van der Waals surface area contributed by atoms with Gasteiger partial charge in [-0.15, -0.1) is 0 Å². The summed E-state index contributed by atoms with van der Waals surface area (Å²) in [5, 5.41) is 3.50. The summed E-state index contributed by atoms with van der Waals surface area (Å²) >= 11 is 5.96. The lowest BCUT2D eigenvalue weighted by molar-refractivity contribution is 0.0913. The van der Waals surface area contributed by atoms with E-state index in [-0.39, 0.29) is 48.1 Å². The number of piperidine rings is 1.